The van der Waals surface area contributed by atoms with Crippen LogP contribution in [-0.4, -0.2) is 35.2 Å². The number of carbonyl (C=O) groups excluding carboxylic acids is 2. The van der Waals surface area contributed by atoms with Crippen molar-refractivity contribution in [3.63, 3.8) is 0 Å². The summed E-state index contributed by atoms with van der Waals surface area (Å²) in [6.07, 6.45) is 0.933. The van der Waals surface area contributed by atoms with E-state index in [9.17, 15) is 9.59 Å². The molecule has 5 nitrogen and oxygen atoms in total. The molecule has 1 aromatic carbocycles. The summed E-state index contributed by atoms with van der Waals surface area (Å²) in [5, 5.41) is 2.90. The predicted octanol–water partition coefficient (Wildman–Crippen LogP) is 2.77. The van der Waals surface area contributed by atoms with Crippen LogP contribution < -0.4 is 5.32 Å². The van der Waals surface area contributed by atoms with Gasteiger partial charge in [-0.05, 0) is 45.7 Å². The van der Waals surface area contributed by atoms with Gasteiger partial charge in [0.15, 0.2) is 0 Å². The van der Waals surface area contributed by atoms with Gasteiger partial charge in [-0.2, -0.15) is 0 Å². The summed E-state index contributed by atoms with van der Waals surface area (Å²) in [5.74, 6) is -0.170. The smallest absolute Gasteiger partial charge is 0.411 e. The molecule has 0 aromatic heterocycles. The maximum Gasteiger partial charge on any atom is 0.411 e. The summed E-state index contributed by atoms with van der Waals surface area (Å²) in [6.45, 7) is 6.10. The first-order valence-corrected chi connectivity index (χ1v) is 7.22. The molecule has 1 N–H and O–H groups in total. The Balaban J connectivity index is 1.99. The fourth-order valence-electron chi connectivity index (χ4n) is 2.28. The maximum absolute atomic E-state index is 12.2. The zero-order valence-corrected chi connectivity index (χ0v) is 12.8. The van der Waals surface area contributed by atoms with Gasteiger partial charge in [0.25, 0.3) is 5.91 Å². The molecular weight excluding hydrogens is 268 g/mol. The standard InChI is InChI=1S/C16H22N2O3/c1-16(2,3)21-15(20)18-11-7-10-13(18)17-14(19)12-8-5-4-6-9-12/h4-6,8-9,13H,7,10-11H2,1-3H3,(H,17,19). The second kappa shape index (κ2) is 6.16. The van der Waals surface area contributed by atoms with E-state index >= 15 is 0 Å². The fourth-order valence-corrected chi connectivity index (χ4v) is 2.28. The van der Waals surface area contributed by atoms with Gasteiger partial charge in [-0.1, -0.05) is 18.2 Å². The zero-order valence-electron chi connectivity index (χ0n) is 12.8. The van der Waals surface area contributed by atoms with Gasteiger partial charge in [0.05, 0.1) is 0 Å². The van der Waals surface area contributed by atoms with Crippen molar-refractivity contribution in [1.29, 1.82) is 0 Å². The number of ether oxygens (including phenoxy) is 1. The first-order chi connectivity index (χ1) is 9.87. The van der Waals surface area contributed by atoms with Crippen LogP contribution >= 0.6 is 0 Å². The van der Waals surface area contributed by atoms with E-state index in [1.807, 2.05) is 39.0 Å². The topological polar surface area (TPSA) is 58.6 Å². The molecule has 1 heterocycles. The third kappa shape index (κ3) is 4.21. The van der Waals surface area contributed by atoms with Crippen LogP contribution in [0.2, 0.25) is 0 Å². The van der Waals surface area contributed by atoms with Gasteiger partial charge in [0.1, 0.15) is 11.8 Å². The molecule has 2 amide bonds. The van der Waals surface area contributed by atoms with Crippen LogP contribution in [0.15, 0.2) is 30.3 Å². The molecule has 0 radical (unpaired) electrons. The monoisotopic (exact) mass is 290 g/mol. The van der Waals surface area contributed by atoms with Crippen LogP contribution in [-0.2, 0) is 4.74 Å². The quantitative estimate of drug-likeness (QED) is 0.911. The van der Waals surface area contributed by atoms with E-state index in [4.69, 9.17) is 4.74 Å². The Hall–Kier alpha value is -2.04. The molecule has 1 saturated heterocycles. The molecule has 0 spiro atoms. The normalized spacial score (nSPS) is 18.4. The SMILES string of the molecule is CC(C)(C)OC(=O)N1CCCC1NC(=O)c1ccccc1. The van der Waals surface area contributed by atoms with E-state index in [1.165, 1.54) is 0 Å². The van der Waals surface area contributed by atoms with Crippen LogP contribution in [0, 0.1) is 0 Å². The molecule has 0 saturated carbocycles. The summed E-state index contributed by atoms with van der Waals surface area (Å²) in [5.41, 5.74) is 0.0572. The molecule has 2 rings (SSSR count). The summed E-state index contributed by atoms with van der Waals surface area (Å²) in [7, 11) is 0. The first-order valence-electron chi connectivity index (χ1n) is 7.22. The number of nitrogens with zero attached hydrogens (tertiary/aromatic N) is 1. The largest absolute Gasteiger partial charge is 0.444 e. The van der Waals surface area contributed by atoms with Crippen molar-refractivity contribution < 1.29 is 14.3 Å². The highest BCUT2D eigenvalue weighted by Gasteiger charge is 2.33. The molecular formula is C16H22N2O3. The van der Waals surface area contributed by atoms with Crippen molar-refractivity contribution in [2.75, 3.05) is 6.54 Å². The third-order valence-electron chi connectivity index (χ3n) is 3.21. The predicted molar refractivity (Wildman–Crippen MR) is 79.9 cm³/mol. The summed E-state index contributed by atoms with van der Waals surface area (Å²) in [4.78, 5) is 25.9. The van der Waals surface area contributed by atoms with Gasteiger partial charge >= 0.3 is 6.09 Å². The Morgan fingerprint density at radius 3 is 2.52 bits per heavy atom. The highest BCUT2D eigenvalue weighted by molar-refractivity contribution is 5.94. The average Bonchev–Trinajstić information content (AvgIpc) is 2.86. The third-order valence-corrected chi connectivity index (χ3v) is 3.21. The van der Waals surface area contributed by atoms with Crippen molar-refractivity contribution in [1.82, 2.24) is 10.2 Å². The minimum atomic E-state index is -0.534. The van der Waals surface area contributed by atoms with Crippen LogP contribution in [0.3, 0.4) is 0 Å². The number of amides is 2. The van der Waals surface area contributed by atoms with Gasteiger partial charge in [-0.15, -0.1) is 0 Å². The molecule has 114 valence electrons. The molecule has 1 fully saturated rings. The molecule has 5 heteroatoms. The molecule has 1 atom stereocenters. The Kier molecular flexibility index (Phi) is 4.50. The highest BCUT2D eigenvalue weighted by atomic mass is 16.6. The Bertz CT molecular complexity index is 508. The maximum atomic E-state index is 12.2. The van der Waals surface area contributed by atoms with Crippen molar-refractivity contribution in [3.8, 4) is 0 Å². The lowest BCUT2D eigenvalue weighted by atomic mass is 10.2. The molecule has 1 unspecified atom stereocenters. The van der Waals surface area contributed by atoms with E-state index in [2.05, 4.69) is 5.32 Å². The number of nitrogens with one attached hydrogen (secondary N) is 1. The van der Waals surface area contributed by atoms with Gasteiger partial charge < -0.3 is 10.1 Å². The van der Waals surface area contributed by atoms with Crippen molar-refractivity contribution in [3.05, 3.63) is 35.9 Å². The molecule has 1 aliphatic heterocycles. The van der Waals surface area contributed by atoms with E-state index in [0.717, 1.165) is 12.8 Å². The van der Waals surface area contributed by atoms with Gasteiger partial charge in [-0.25, -0.2) is 4.79 Å². The lowest BCUT2D eigenvalue weighted by Gasteiger charge is -2.29. The number of benzene rings is 1. The summed E-state index contributed by atoms with van der Waals surface area (Å²) in [6, 6.07) is 8.99. The summed E-state index contributed by atoms with van der Waals surface area (Å²) >= 11 is 0. The molecule has 1 aliphatic rings. The number of hydrogen-bond acceptors (Lipinski definition) is 3. The lowest BCUT2D eigenvalue weighted by molar-refractivity contribution is 0.0202. The Morgan fingerprint density at radius 2 is 1.90 bits per heavy atom. The van der Waals surface area contributed by atoms with Gasteiger partial charge in [0, 0.05) is 12.1 Å². The molecule has 0 bridgehead atoms. The van der Waals surface area contributed by atoms with Crippen LogP contribution in [0.1, 0.15) is 44.0 Å². The average molecular weight is 290 g/mol. The van der Waals surface area contributed by atoms with E-state index < -0.39 is 5.60 Å². The molecule has 0 aliphatic carbocycles. The lowest BCUT2D eigenvalue weighted by Crippen LogP contribution is -2.48. The number of rotatable bonds is 2. The van der Waals surface area contributed by atoms with E-state index in [1.54, 1.807) is 17.0 Å². The fraction of sp³-hybridized carbons (Fsp3) is 0.500. The van der Waals surface area contributed by atoms with Crippen LogP contribution in [0.25, 0.3) is 0 Å². The molecule has 1 aromatic rings. The second-order valence-electron chi connectivity index (χ2n) is 6.17. The van der Waals surface area contributed by atoms with Crippen molar-refractivity contribution >= 4 is 12.0 Å². The van der Waals surface area contributed by atoms with Crippen molar-refractivity contribution in [2.45, 2.75) is 45.4 Å². The Morgan fingerprint density at radius 1 is 1.24 bits per heavy atom. The van der Waals surface area contributed by atoms with E-state index in [-0.39, 0.29) is 18.2 Å². The zero-order chi connectivity index (χ0) is 15.5. The number of hydrogen-bond donors (Lipinski definition) is 1. The first kappa shape index (κ1) is 15.4. The van der Waals surface area contributed by atoms with Gasteiger partial charge in [0.2, 0.25) is 0 Å². The number of carbonyl (C=O) groups is 2. The van der Waals surface area contributed by atoms with E-state index in [0.29, 0.717) is 12.1 Å². The van der Waals surface area contributed by atoms with Crippen molar-refractivity contribution in [2.24, 2.45) is 0 Å². The summed E-state index contributed by atoms with van der Waals surface area (Å²) < 4.78 is 5.37. The minimum Gasteiger partial charge on any atom is -0.444 e. The number of likely N-dealkylation sites (tertiary alicyclic amines) is 1. The Labute approximate surface area is 125 Å². The minimum absolute atomic E-state index is 0.170. The van der Waals surface area contributed by atoms with Crippen LogP contribution in [0.4, 0.5) is 4.79 Å². The van der Waals surface area contributed by atoms with Gasteiger partial charge in [-0.3, -0.25) is 9.69 Å². The molecule has 21 heavy (non-hydrogen) atoms. The highest BCUT2D eigenvalue weighted by Crippen LogP contribution is 2.19. The van der Waals surface area contributed by atoms with Crippen LogP contribution in [0.5, 0.6) is 0 Å². The second-order valence-corrected chi connectivity index (χ2v) is 6.17.